The summed E-state index contributed by atoms with van der Waals surface area (Å²) in [6, 6.07) is 7.89. The summed E-state index contributed by atoms with van der Waals surface area (Å²) >= 11 is -2.13. The fourth-order valence-corrected chi connectivity index (χ4v) is 3.82. The summed E-state index contributed by atoms with van der Waals surface area (Å²) in [6.45, 7) is 3.36. The van der Waals surface area contributed by atoms with Gasteiger partial charge in [-0.2, -0.15) is 0 Å². The predicted molar refractivity (Wildman–Crippen MR) is 93.3 cm³/mol. The summed E-state index contributed by atoms with van der Waals surface area (Å²) in [5.74, 6) is 0.825. The van der Waals surface area contributed by atoms with Crippen molar-refractivity contribution in [3.8, 4) is 11.6 Å². The zero-order chi connectivity index (χ0) is 17.8. The minimum absolute atomic E-state index is 0.0474. The molecule has 0 saturated carbocycles. The fraction of sp³-hybridized carbons (Fsp3) is 0.471. The topological polar surface area (TPSA) is 90.7 Å². The van der Waals surface area contributed by atoms with Gasteiger partial charge in [0, 0.05) is 36.6 Å². The fourth-order valence-electron chi connectivity index (χ4n) is 3.32. The second-order valence-electron chi connectivity index (χ2n) is 6.08. The standard InChI is InChI=1S/C17H23N3O4S/c1-13-15(14-5-8-19(9-6-14)25(22)23)3-2-4-16(13)20-10-7-17(18-20)24-12-11-21/h2-4,7,10,14,21H,5-6,8-9,11-12H2,1H3,(H,22,23)/p-1. The van der Waals surface area contributed by atoms with Crippen molar-refractivity contribution in [2.24, 2.45) is 0 Å². The van der Waals surface area contributed by atoms with Crippen molar-refractivity contribution in [3.63, 3.8) is 0 Å². The maximum absolute atomic E-state index is 11.1. The Bertz CT molecular complexity index is 741. The molecule has 1 aliphatic rings. The van der Waals surface area contributed by atoms with E-state index in [9.17, 15) is 8.76 Å². The molecule has 0 aliphatic carbocycles. The number of aromatic nitrogens is 2. The third-order valence-corrected chi connectivity index (χ3v) is 5.39. The molecule has 2 heterocycles. The van der Waals surface area contributed by atoms with Crippen molar-refractivity contribution in [3.05, 3.63) is 41.6 Å². The third kappa shape index (κ3) is 4.09. The van der Waals surface area contributed by atoms with Gasteiger partial charge < -0.3 is 14.4 Å². The van der Waals surface area contributed by atoms with Crippen LogP contribution < -0.4 is 4.74 Å². The lowest BCUT2D eigenvalue weighted by Crippen LogP contribution is -2.34. The Kier molecular flexibility index (Phi) is 5.85. The van der Waals surface area contributed by atoms with Gasteiger partial charge in [-0.15, -0.1) is 5.10 Å². The number of aliphatic hydroxyl groups excluding tert-OH is 1. The molecule has 1 aliphatic heterocycles. The van der Waals surface area contributed by atoms with Crippen molar-refractivity contribution >= 4 is 11.3 Å². The molecule has 25 heavy (non-hydrogen) atoms. The van der Waals surface area contributed by atoms with E-state index in [1.54, 1.807) is 10.7 Å². The summed E-state index contributed by atoms with van der Waals surface area (Å²) in [5.41, 5.74) is 3.36. The van der Waals surface area contributed by atoms with E-state index in [0.717, 1.165) is 24.1 Å². The maximum Gasteiger partial charge on any atom is 0.233 e. The van der Waals surface area contributed by atoms with Crippen LogP contribution in [0.5, 0.6) is 5.88 Å². The zero-order valence-corrected chi connectivity index (χ0v) is 14.9. The molecular weight excluding hydrogens is 342 g/mol. The Labute approximate surface area is 149 Å². The monoisotopic (exact) mass is 364 g/mol. The quantitative estimate of drug-likeness (QED) is 0.785. The first kappa shape index (κ1) is 18.1. The van der Waals surface area contributed by atoms with Crippen LogP contribution in [-0.4, -0.2) is 54.3 Å². The van der Waals surface area contributed by atoms with Crippen molar-refractivity contribution in [1.29, 1.82) is 0 Å². The number of piperidine rings is 1. The molecular formula is C17H22N3O4S-. The molecule has 1 N–H and O–H groups in total. The van der Waals surface area contributed by atoms with Crippen LogP contribution in [0.1, 0.15) is 29.9 Å². The van der Waals surface area contributed by atoms with E-state index < -0.39 is 11.3 Å². The van der Waals surface area contributed by atoms with Gasteiger partial charge in [0.15, 0.2) is 0 Å². The Balaban J connectivity index is 1.78. The second kappa shape index (κ2) is 8.09. The van der Waals surface area contributed by atoms with Gasteiger partial charge in [-0.1, -0.05) is 12.1 Å². The van der Waals surface area contributed by atoms with Crippen LogP contribution >= 0.6 is 0 Å². The van der Waals surface area contributed by atoms with Crippen LogP contribution in [0.15, 0.2) is 30.5 Å². The molecule has 2 aromatic rings. The van der Waals surface area contributed by atoms with E-state index in [4.69, 9.17) is 9.84 Å². The number of benzene rings is 1. The van der Waals surface area contributed by atoms with Crippen LogP contribution in [0.3, 0.4) is 0 Å². The van der Waals surface area contributed by atoms with Gasteiger partial charge in [0.05, 0.1) is 12.3 Å². The summed E-state index contributed by atoms with van der Waals surface area (Å²) in [6.07, 6.45) is 3.48. The molecule has 1 aromatic heterocycles. The minimum atomic E-state index is -2.13. The molecule has 1 aromatic carbocycles. The highest BCUT2D eigenvalue weighted by Crippen LogP contribution is 2.32. The van der Waals surface area contributed by atoms with E-state index in [2.05, 4.69) is 18.1 Å². The number of hydrogen-bond donors (Lipinski definition) is 1. The number of aliphatic hydroxyl groups is 1. The smallest absolute Gasteiger partial charge is 0.233 e. The van der Waals surface area contributed by atoms with Crippen molar-refractivity contribution in [1.82, 2.24) is 14.1 Å². The number of ether oxygens (including phenoxy) is 1. The van der Waals surface area contributed by atoms with Crippen molar-refractivity contribution in [2.45, 2.75) is 25.7 Å². The molecule has 7 nitrogen and oxygen atoms in total. The molecule has 0 bridgehead atoms. The molecule has 1 fully saturated rings. The first-order valence-electron chi connectivity index (χ1n) is 8.33. The van der Waals surface area contributed by atoms with Crippen LogP contribution in [0.4, 0.5) is 0 Å². The van der Waals surface area contributed by atoms with Gasteiger partial charge in [-0.3, -0.25) is 4.21 Å². The molecule has 1 unspecified atom stereocenters. The molecule has 136 valence electrons. The highest BCUT2D eigenvalue weighted by Gasteiger charge is 2.23. The molecule has 0 spiro atoms. The molecule has 0 amide bonds. The van der Waals surface area contributed by atoms with Crippen LogP contribution in [0.25, 0.3) is 5.69 Å². The third-order valence-electron chi connectivity index (χ3n) is 4.60. The summed E-state index contributed by atoms with van der Waals surface area (Å²) in [4.78, 5) is 0. The number of rotatable bonds is 6. The van der Waals surface area contributed by atoms with E-state index in [1.165, 1.54) is 9.87 Å². The largest absolute Gasteiger partial charge is 0.760 e. The average molecular weight is 364 g/mol. The van der Waals surface area contributed by atoms with Gasteiger partial charge in [0.25, 0.3) is 0 Å². The predicted octanol–water partition coefficient (Wildman–Crippen LogP) is 1.53. The van der Waals surface area contributed by atoms with Crippen LogP contribution in [-0.2, 0) is 11.3 Å². The molecule has 0 radical (unpaired) electrons. The average Bonchev–Trinajstić information content (AvgIpc) is 3.09. The normalized spacial score (nSPS) is 17.6. The van der Waals surface area contributed by atoms with E-state index in [1.807, 2.05) is 18.3 Å². The van der Waals surface area contributed by atoms with Crippen LogP contribution in [0.2, 0.25) is 0 Å². The Hall–Kier alpha value is -1.74. The van der Waals surface area contributed by atoms with E-state index in [0.29, 0.717) is 24.9 Å². The van der Waals surface area contributed by atoms with Crippen molar-refractivity contribution < 1.29 is 18.6 Å². The molecule has 1 atom stereocenters. The molecule has 1 saturated heterocycles. The van der Waals surface area contributed by atoms with Gasteiger partial charge in [0.1, 0.15) is 6.61 Å². The van der Waals surface area contributed by atoms with Gasteiger partial charge in [-0.05, 0) is 42.9 Å². The Morgan fingerprint density at radius 1 is 1.36 bits per heavy atom. The lowest BCUT2D eigenvalue weighted by atomic mass is 9.87. The van der Waals surface area contributed by atoms with Gasteiger partial charge in [0.2, 0.25) is 5.88 Å². The van der Waals surface area contributed by atoms with Crippen molar-refractivity contribution in [2.75, 3.05) is 26.3 Å². The lowest BCUT2D eigenvalue weighted by molar-refractivity contribution is 0.196. The molecule has 8 heteroatoms. The first-order valence-corrected chi connectivity index (χ1v) is 9.37. The second-order valence-corrected chi connectivity index (χ2v) is 7.03. The zero-order valence-electron chi connectivity index (χ0n) is 14.1. The van der Waals surface area contributed by atoms with Gasteiger partial charge >= 0.3 is 0 Å². The summed E-state index contributed by atoms with van der Waals surface area (Å²) in [5, 5.41) is 13.2. The maximum atomic E-state index is 11.1. The lowest BCUT2D eigenvalue weighted by Gasteiger charge is -2.33. The molecule has 3 rings (SSSR count). The van der Waals surface area contributed by atoms with Gasteiger partial charge in [-0.25, -0.2) is 8.99 Å². The minimum Gasteiger partial charge on any atom is -0.760 e. The summed E-state index contributed by atoms with van der Waals surface area (Å²) < 4.78 is 30.7. The summed E-state index contributed by atoms with van der Waals surface area (Å²) in [7, 11) is 0. The van der Waals surface area contributed by atoms with E-state index >= 15 is 0 Å². The van der Waals surface area contributed by atoms with E-state index in [-0.39, 0.29) is 13.2 Å². The number of nitrogens with zero attached hydrogens (tertiary/aromatic N) is 3. The number of hydrogen-bond acceptors (Lipinski definition) is 5. The Morgan fingerprint density at radius 3 is 2.80 bits per heavy atom. The van der Waals surface area contributed by atoms with Crippen LogP contribution in [0, 0.1) is 6.92 Å². The Morgan fingerprint density at radius 2 is 2.12 bits per heavy atom. The highest BCUT2D eigenvalue weighted by atomic mass is 32.2. The first-order chi connectivity index (χ1) is 12.1. The SMILES string of the molecule is Cc1c(C2CCN(S(=O)[O-])CC2)cccc1-n1ccc(OCCO)n1. The highest BCUT2D eigenvalue weighted by molar-refractivity contribution is 7.76.